The molecule has 2 heterocycles. The van der Waals surface area contributed by atoms with Crippen LogP contribution in [0, 0.1) is 35.5 Å². The quantitative estimate of drug-likeness (QED) is 0.479. The Kier molecular flexibility index (Phi) is 2.86. The molecular formula is C25H19NO3. The first-order valence-electron chi connectivity index (χ1n) is 10.4. The number of rotatable bonds is 2. The van der Waals surface area contributed by atoms with Gasteiger partial charge in [-0.15, -0.1) is 0 Å². The van der Waals surface area contributed by atoms with E-state index in [9.17, 15) is 9.59 Å². The number of imide groups is 1. The molecule has 2 aromatic carbocycles. The fraction of sp³-hybridized carbons (Fsp3) is 0.280. The summed E-state index contributed by atoms with van der Waals surface area (Å²) in [6, 6.07) is 17.5. The number of furan rings is 1. The average molecular weight is 381 g/mol. The molecular weight excluding hydrogens is 362 g/mol. The topological polar surface area (TPSA) is 50.5 Å². The third-order valence-corrected chi connectivity index (χ3v) is 7.50. The van der Waals surface area contributed by atoms with E-state index in [1.165, 1.54) is 11.3 Å². The number of hydrogen-bond acceptors (Lipinski definition) is 3. The zero-order valence-corrected chi connectivity index (χ0v) is 15.7. The highest BCUT2D eigenvalue weighted by atomic mass is 16.3. The van der Waals surface area contributed by atoms with E-state index in [0.717, 1.165) is 22.3 Å². The zero-order valence-electron chi connectivity index (χ0n) is 15.7. The smallest absolute Gasteiger partial charge is 0.238 e. The normalized spacial score (nSPS) is 34.0. The van der Waals surface area contributed by atoms with Crippen LogP contribution in [0.25, 0.3) is 22.3 Å². The van der Waals surface area contributed by atoms with Gasteiger partial charge in [-0.2, -0.15) is 0 Å². The summed E-state index contributed by atoms with van der Waals surface area (Å²) in [6.45, 7) is 0. The molecule has 1 saturated heterocycles. The zero-order chi connectivity index (χ0) is 19.3. The highest BCUT2D eigenvalue weighted by Gasteiger charge is 2.67. The van der Waals surface area contributed by atoms with Gasteiger partial charge in [0.1, 0.15) is 11.3 Å². The second-order valence-electron chi connectivity index (χ2n) is 8.86. The molecule has 4 heteroatoms. The molecule has 0 unspecified atom stereocenters. The molecule has 3 fully saturated rings. The number of amides is 2. The van der Waals surface area contributed by atoms with Crippen molar-refractivity contribution in [2.75, 3.05) is 4.90 Å². The Hall–Kier alpha value is -3.14. The molecule has 142 valence electrons. The monoisotopic (exact) mass is 381 g/mol. The van der Waals surface area contributed by atoms with E-state index in [0.29, 0.717) is 17.5 Å². The summed E-state index contributed by atoms with van der Waals surface area (Å²) >= 11 is 0. The lowest BCUT2D eigenvalue weighted by atomic mass is 9.63. The average Bonchev–Trinajstić information content (AvgIpc) is 3.40. The van der Waals surface area contributed by atoms with Crippen molar-refractivity contribution < 1.29 is 14.0 Å². The van der Waals surface area contributed by atoms with Gasteiger partial charge in [-0.1, -0.05) is 30.4 Å². The van der Waals surface area contributed by atoms with Crippen LogP contribution in [-0.4, -0.2) is 11.8 Å². The second kappa shape index (κ2) is 5.26. The molecule has 4 nitrogen and oxygen atoms in total. The van der Waals surface area contributed by atoms with Gasteiger partial charge in [0, 0.05) is 10.9 Å². The maximum atomic E-state index is 13.2. The number of para-hydroxylation sites is 1. The fourth-order valence-electron chi connectivity index (χ4n) is 6.11. The minimum absolute atomic E-state index is 0.0128. The van der Waals surface area contributed by atoms with Crippen molar-refractivity contribution in [2.24, 2.45) is 35.5 Å². The van der Waals surface area contributed by atoms with Crippen LogP contribution in [0.3, 0.4) is 0 Å². The summed E-state index contributed by atoms with van der Waals surface area (Å²) in [5.74, 6) is 2.21. The maximum Gasteiger partial charge on any atom is 0.238 e. The summed E-state index contributed by atoms with van der Waals surface area (Å²) in [4.78, 5) is 27.9. The summed E-state index contributed by atoms with van der Waals surface area (Å²) in [5.41, 5.74) is 2.45. The van der Waals surface area contributed by atoms with E-state index in [1.807, 2.05) is 54.6 Å². The van der Waals surface area contributed by atoms with Crippen LogP contribution in [0.2, 0.25) is 0 Å². The Morgan fingerprint density at radius 3 is 2.14 bits per heavy atom. The number of nitrogens with zero attached hydrogens (tertiary/aromatic N) is 1. The van der Waals surface area contributed by atoms with Crippen molar-refractivity contribution in [1.29, 1.82) is 0 Å². The molecule has 5 aliphatic rings. The molecule has 8 rings (SSSR count). The Bertz CT molecular complexity index is 1150. The number of benzene rings is 2. The highest BCUT2D eigenvalue weighted by molar-refractivity contribution is 6.22. The van der Waals surface area contributed by atoms with Crippen molar-refractivity contribution in [3.63, 3.8) is 0 Å². The second-order valence-corrected chi connectivity index (χ2v) is 8.86. The Morgan fingerprint density at radius 2 is 1.48 bits per heavy atom. The van der Waals surface area contributed by atoms with Crippen LogP contribution in [0.5, 0.6) is 0 Å². The van der Waals surface area contributed by atoms with E-state index in [1.54, 1.807) is 0 Å². The van der Waals surface area contributed by atoms with E-state index < -0.39 is 0 Å². The predicted molar refractivity (Wildman–Crippen MR) is 109 cm³/mol. The van der Waals surface area contributed by atoms with Crippen molar-refractivity contribution in [1.82, 2.24) is 0 Å². The minimum atomic E-state index is -0.156. The van der Waals surface area contributed by atoms with Crippen LogP contribution in [-0.2, 0) is 9.59 Å². The molecule has 6 atom stereocenters. The molecule has 2 bridgehead atoms. The molecule has 1 aliphatic heterocycles. The van der Waals surface area contributed by atoms with Crippen molar-refractivity contribution in [3.05, 3.63) is 66.7 Å². The van der Waals surface area contributed by atoms with E-state index in [-0.39, 0.29) is 35.5 Å². The summed E-state index contributed by atoms with van der Waals surface area (Å²) in [6.07, 6.45) is 5.60. The van der Waals surface area contributed by atoms with Gasteiger partial charge in [0.05, 0.1) is 17.5 Å². The third-order valence-electron chi connectivity index (χ3n) is 7.50. The molecule has 0 N–H and O–H groups in total. The van der Waals surface area contributed by atoms with Gasteiger partial charge in [-0.3, -0.25) is 14.5 Å². The summed E-state index contributed by atoms with van der Waals surface area (Å²) in [5, 5.41) is 1.06. The number of carbonyl (C=O) groups is 2. The van der Waals surface area contributed by atoms with Crippen molar-refractivity contribution in [2.45, 2.75) is 6.42 Å². The van der Waals surface area contributed by atoms with Crippen LogP contribution in [0.15, 0.2) is 71.2 Å². The summed E-state index contributed by atoms with van der Waals surface area (Å²) < 4.78 is 5.94. The highest BCUT2D eigenvalue weighted by Crippen LogP contribution is 2.65. The van der Waals surface area contributed by atoms with Crippen LogP contribution >= 0.6 is 0 Å². The number of carbonyl (C=O) groups excluding carboxylic acids is 2. The van der Waals surface area contributed by atoms with E-state index in [2.05, 4.69) is 12.2 Å². The minimum Gasteiger partial charge on any atom is -0.456 e. The van der Waals surface area contributed by atoms with Crippen LogP contribution < -0.4 is 4.90 Å². The molecule has 1 aromatic heterocycles. The molecule has 3 aromatic rings. The first kappa shape index (κ1) is 15.7. The maximum absolute atomic E-state index is 13.2. The molecule has 4 aliphatic carbocycles. The van der Waals surface area contributed by atoms with Gasteiger partial charge < -0.3 is 4.42 Å². The van der Waals surface area contributed by atoms with Gasteiger partial charge in [0.2, 0.25) is 11.8 Å². The lowest BCUT2D eigenvalue weighted by molar-refractivity contribution is -0.124. The van der Waals surface area contributed by atoms with Gasteiger partial charge >= 0.3 is 0 Å². The number of hydrogen-bond donors (Lipinski definition) is 0. The largest absolute Gasteiger partial charge is 0.456 e. The van der Waals surface area contributed by atoms with E-state index >= 15 is 0 Å². The van der Waals surface area contributed by atoms with Crippen LogP contribution in [0.4, 0.5) is 5.69 Å². The number of allylic oxidation sites excluding steroid dienone is 2. The first-order chi connectivity index (χ1) is 14.2. The Morgan fingerprint density at radius 1 is 0.828 bits per heavy atom. The van der Waals surface area contributed by atoms with Gasteiger partial charge in [0.15, 0.2) is 0 Å². The van der Waals surface area contributed by atoms with E-state index in [4.69, 9.17) is 4.42 Å². The predicted octanol–water partition coefficient (Wildman–Crippen LogP) is 4.66. The number of fused-ring (bicyclic) bond motifs is 1. The number of anilines is 1. The molecule has 0 spiro atoms. The lowest BCUT2D eigenvalue weighted by Crippen LogP contribution is -2.40. The summed E-state index contributed by atoms with van der Waals surface area (Å²) in [7, 11) is 0. The Labute approximate surface area is 167 Å². The Balaban J connectivity index is 1.23. The molecule has 2 saturated carbocycles. The molecule has 0 radical (unpaired) electrons. The fourth-order valence-corrected chi connectivity index (χ4v) is 6.11. The van der Waals surface area contributed by atoms with Crippen LogP contribution in [0.1, 0.15) is 6.42 Å². The lowest BCUT2D eigenvalue weighted by Gasteiger charge is -2.37. The van der Waals surface area contributed by atoms with Crippen molar-refractivity contribution in [3.8, 4) is 11.3 Å². The standard InChI is InChI=1S/C25H19NO3/c27-24-22-16-9-10-17(19-12-18(16)19)23(22)25(28)26(24)15-7-5-13(6-8-15)21-11-14-3-1-2-4-20(14)29-21/h1-11,16-19,22-23H,12H2/t16-,17-,18-,19-,22-,23+/m0/s1. The molecule has 29 heavy (non-hydrogen) atoms. The SMILES string of the molecule is O=C1[C@@H]2[C@H]3C=C[C@@H]([C@@H]4C[C@@H]34)[C@@H]2C(=O)N1c1ccc(-c2cc3ccccc3o2)cc1. The van der Waals surface area contributed by atoms with Gasteiger partial charge in [-0.05, 0) is 66.5 Å². The molecule has 2 amide bonds. The van der Waals surface area contributed by atoms with Gasteiger partial charge in [-0.25, -0.2) is 0 Å². The first-order valence-corrected chi connectivity index (χ1v) is 10.4. The van der Waals surface area contributed by atoms with Gasteiger partial charge in [0.25, 0.3) is 0 Å². The third kappa shape index (κ3) is 1.99. The van der Waals surface area contributed by atoms with Crippen molar-refractivity contribution >= 4 is 28.5 Å².